The summed E-state index contributed by atoms with van der Waals surface area (Å²) in [5, 5.41) is 8.55. The number of carboxylic acid groups (broad SMARTS) is 1. The summed E-state index contributed by atoms with van der Waals surface area (Å²) in [5.74, 6) is 0.563. The standard InChI is InChI=1S/C9H16O2.C2H6/c1-7-3-2-4-8(5-7)6-9(10)11;1-2/h7-8H,2-6H2,1H3,(H,10,11);1-2H3/t7-,8+;/m1./s1. The van der Waals surface area contributed by atoms with Gasteiger partial charge in [-0.3, -0.25) is 4.79 Å². The predicted octanol–water partition coefficient (Wildman–Crippen LogP) is 3.31. The maximum Gasteiger partial charge on any atom is 0.303 e. The van der Waals surface area contributed by atoms with E-state index in [9.17, 15) is 4.79 Å². The lowest BCUT2D eigenvalue weighted by molar-refractivity contribution is -0.138. The van der Waals surface area contributed by atoms with Crippen LogP contribution in [0.15, 0.2) is 0 Å². The summed E-state index contributed by atoms with van der Waals surface area (Å²) in [6.45, 7) is 6.22. The van der Waals surface area contributed by atoms with E-state index in [1.165, 1.54) is 12.8 Å². The largest absolute Gasteiger partial charge is 0.481 e. The van der Waals surface area contributed by atoms with E-state index >= 15 is 0 Å². The summed E-state index contributed by atoms with van der Waals surface area (Å²) in [5.41, 5.74) is 0. The molecule has 1 N–H and O–H groups in total. The fourth-order valence-corrected chi connectivity index (χ4v) is 1.99. The van der Waals surface area contributed by atoms with Crippen molar-refractivity contribution in [3.63, 3.8) is 0 Å². The van der Waals surface area contributed by atoms with Crippen LogP contribution >= 0.6 is 0 Å². The molecule has 2 heteroatoms. The SMILES string of the molecule is CC.C[C@@H]1CCC[C@H](CC(=O)O)C1. The van der Waals surface area contributed by atoms with Crippen molar-refractivity contribution in [2.45, 2.75) is 52.9 Å². The summed E-state index contributed by atoms with van der Waals surface area (Å²) in [7, 11) is 0. The van der Waals surface area contributed by atoms with E-state index < -0.39 is 5.97 Å². The molecule has 1 rings (SSSR count). The molecule has 78 valence electrons. The Balaban J connectivity index is 0.000000671. The van der Waals surface area contributed by atoms with Crippen molar-refractivity contribution in [3.05, 3.63) is 0 Å². The van der Waals surface area contributed by atoms with Crippen LogP contribution in [0.4, 0.5) is 0 Å². The van der Waals surface area contributed by atoms with Crippen LogP contribution in [0.5, 0.6) is 0 Å². The number of hydrogen-bond acceptors (Lipinski definition) is 1. The maximum atomic E-state index is 10.4. The lowest BCUT2D eigenvalue weighted by atomic mass is 9.81. The zero-order chi connectivity index (χ0) is 10.3. The van der Waals surface area contributed by atoms with Crippen molar-refractivity contribution in [3.8, 4) is 0 Å². The van der Waals surface area contributed by atoms with Crippen LogP contribution in [0.2, 0.25) is 0 Å². The summed E-state index contributed by atoms with van der Waals surface area (Å²) < 4.78 is 0. The van der Waals surface area contributed by atoms with E-state index in [1.807, 2.05) is 13.8 Å². The highest BCUT2D eigenvalue weighted by molar-refractivity contribution is 5.67. The van der Waals surface area contributed by atoms with E-state index in [4.69, 9.17) is 5.11 Å². The number of rotatable bonds is 2. The Morgan fingerprint density at radius 1 is 1.38 bits per heavy atom. The highest BCUT2D eigenvalue weighted by Gasteiger charge is 2.20. The fourth-order valence-electron chi connectivity index (χ4n) is 1.99. The van der Waals surface area contributed by atoms with Gasteiger partial charge in [0.05, 0.1) is 0 Å². The third-order valence-corrected chi connectivity index (χ3v) is 2.51. The predicted molar refractivity (Wildman–Crippen MR) is 54.7 cm³/mol. The zero-order valence-corrected chi connectivity index (χ0v) is 9.05. The molecule has 0 unspecified atom stereocenters. The molecule has 0 radical (unpaired) electrons. The van der Waals surface area contributed by atoms with Gasteiger partial charge in [-0.25, -0.2) is 0 Å². The monoisotopic (exact) mass is 186 g/mol. The second kappa shape index (κ2) is 6.93. The topological polar surface area (TPSA) is 37.3 Å². The van der Waals surface area contributed by atoms with Crippen molar-refractivity contribution in [2.75, 3.05) is 0 Å². The molecule has 1 aliphatic carbocycles. The van der Waals surface area contributed by atoms with Gasteiger partial charge in [-0.1, -0.05) is 33.6 Å². The van der Waals surface area contributed by atoms with Crippen LogP contribution in [-0.4, -0.2) is 11.1 Å². The summed E-state index contributed by atoms with van der Waals surface area (Å²) in [4.78, 5) is 10.4. The minimum Gasteiger partial charge on any atom is -0.481 e. The van der Waals surface area contributed by atoms with E-state index in [0.29, 0.717) is 12.3 Å². The number of carboxylic acids is 1. The number of aliphatic carboxylic acids is 1. The average molecular weight is 186 g/mol. The van der Waals surface area contributed by atoms with Crippen molar-refractivity contribution in [1.82, 2.24) is 0 Å². The molecule has 0 spiro atoms. The van der Waals surface area contributed by atoms with Crippen LogP contribution in [0.3, 0.4) is 0 Å². The molecule has 2 atom stereocenters. The van der Waals surface area contributed by atoms with Gasteiger partial charge in [0.2, 0.25) is 0 Å². The van der Waals surface area contributed by atoms with Gasteiger partial charge in [0.25, 0.3) is 0 Å². The summed E-state index contributed by atoms with van der Waals surface area (Å²) in [6, 6.07) is 0. The fraction of sp³-hybridized carbons (Fsp3) is 0.909. The Bertz CT molecular complexity index is 143. The lowest BCUT2D eigenvalue weighted by Gasteiger charge is -2.25. The van der Waals surface area contributed by atoms with E-state index in [2.05, 4.69) is 6.92 Å². The van der Waals surface area contributed by atoms with Crippen LogP contribution in [0, 0.1) is 11.8 Å². The highest BCUT2D eigenvalue weighted by atomic mass is 16.4. The zero-order valence-electron chi connectivity index (χ0n) is 9.05. The van der Waals surface area contributed by atoms with Gasteiger partial charge in [0.15, 0.2) is 0 Å². The molecular formula is C11H22O2. The van der Waals surface area contributed by atoms with E-state index in [0.717, 1.165) is 18.8 Å². The first-order valence-electron chi connectivity index (χ1n) is 5.40. The molecule has 2 nitrogen and oxygen atoms in total. The van der Waals surface area contributed by atoms with Gasteiger partial charge in [0, 0.05) is 6.42 Å². The second-order valence-electron chi connectivity index (χ2n) is 3.74. The molecule has 1 fully saturated rings. The minimum absolute atomic E-state index is 0.379. The van der Waals surface area contributed by atoms with Crippen molar-refractivity contribution in [2.24, 2.45) is 11.8 Å². The van der Waals surface area contributed by atoms with Gasteiger partial charge < -0.3 is 5.11 Å². The normalized spacial score (nSPS) is 27.3. The maximum absolute atomic E-state index is 10.4. The molecular weight excluding hydrogens is 164 g/mol. The Kier molecular flexibility index (Phi) is 6.65. The molecule has 0 amide bonds. The molecule has 13 heavy (non-hydrogen) atoms. The molecule has 0 aromatic rings. The summed E-state index contributed by atoms with van der Waals surface area (Å²) in [6.07, 6.45) is 5.13. The molecule has 0 saturated heterocycles. The third-order valence-electron chi connectivity index (χ3n) is 2.51. The van der Waals surface area contributed by atoms with Crippen molar-refractivity contribution >= 4 is 5.97 Å². The molecule has 0 aliphatic heterocycles. The summed E-state index contributed by atoms with van der Waals surface area (Å²) >= 11 is 0. The van der Waals surface area contributed by atoms with Gasteiger partial charge in [-0.05, 0) is 24.7 Å². The Morgan fingerprint density at radius 2 is 2.00 bits per heavy atom. The first-order chi connectivity index (χ1) is 6.18. The minimum atomic E-state index is -0.635. The second-order valence-corrected chi connectivity index (χ2v) is 3.74. The molecule has 1 saturated carbocycles. The van der Waals surface area contributed by atoms with E-state index in [-0.39, 0.29) is 0 Å². The first kappa shape index (κ1) is 12.5. The smallest absolute Gasteiger partial charge is 0.303 e. The number of hydrogen-bond donors (Lipinski definition) is 1. The average Bonchev–Trinajstić information content (AvgIpc) is 2.06. The lowest BCUT2D eigenvalue weighted by Crippen LogP contribution is -2.16. The molecule has 0 aromatic heterocycles. The molecule has 0 aromatic carbocycles. The third kappa shape index (κ3) is 5.67. The van der Waals surface area contributed by atoms with Crippen LogP contribution in [0.25, 0.3) is 0 Å². The Labute approximate surface area is 81.3 Å². The molecule has 1 aliphatic rings. The van der Waals surface area contributed by atoms with Crippen LogP contribution in [-0.2, 0) is 4.79 Å². The van der Waals surface area contributed by atoms with Gasteiger partial charge in [-0.2, -0.15) is 0 Å². The van der Waals surface area contributed by atoms with Crippen LogP contribution < -0.4 is 0 Å². The van der Waals surface area contributed by atoms with Gasteiger partial charge in [-0.15, -0.1) is 0 Å². The van der Waals surface area contributed by atoms with E-state index in [1.54, 1.807) is 0 Å². The van der Waals surface area contributed by atoms with Crippen molar-refractivity contribution < 1.29 is 9.90 Å². The Morgan fingerprint density at radius 3 is 2.46 bits per heavy atom. The molecule has 0 bridgehead atoms. The Hall–Kier alpha value is -0.530. The van der Waals surface area contributed by atoms with Gasteiger partial charge >= 0.3 is 5.97 Å². The molecule has 0 heterocycles. The van der Waals surface area contributed by atoms with Crippen LogP contribution in [0.1, 0.15) is 52.9 Å². The highest BCUT2D eigenvalue weighted by Crippen LogP contribution is 2.30. The van der Waals surface area contributed by atoms with Crippen molar-refractivity contribution in [1.29, 1.82) is 0 Å². The number of carbonyl (C=O) groups is 1. The quantitative estimate of drug-likeness (QED) is 0.718. The van der Waals surface area contributed by atoms with Gasteiger partial charge in [0.1, 0.15) is 0 Å². The first-order valence-corrected chi connectivity index (χ1v) is 5.40.